The second kappa shape index (κ2) is 5.92. The molecule has 2 aromatic rings. The lowest BCUT2D eigenvalue weighted by molar-refractivity contribution is -0.0209. The summed E-state index contributed by atoms with van der Waals surface area (Å²) in [6.45, 7) is 0.514. The van der Waals surface area contributed by atoms with E-state index in [-0.39, 0.29) is 0 Å². The van der Waals surface area contributed by atoms with Crippen LogP contribution in [-0.4, -0.2) is 40.3 Å². The van der Waals surface area contributed by atoms with Crippen LogP contribution in [0.4, 0.5) is 0 Å². The Morgan fingerprint density at radius 3 is 2.91 bits per heavy atom. The Morgan fingerprint density at radius 2 is 2.14 bits per heavy atom. The average Bonchev–Trinajstić information content (AvgIpc) is 2.96. The molecule has 118 valence electrons. The first-order valence-corrected chi connectivity index (χ1v) is 8.72. The van der Waals surface area contributed by atoms with Gasteiger partial charge in [0.15, 0.2) is 0 Å². The predicted molar refractivity (Wildman–Crippen MR) is 89.3 cm³/mol. The molecular weight excluding hydrogens is 344 g/mol. The Hall–Kier alpha value is -0.950. The lowest BCUT2D eigenvalue weighted by Crippen LogP contribution is -2.47. The number of H-pyrrole nitrogens is 1. The van der Waals surface area contributed by atoms with Crippen LogP contribution >= 0.6 is 15.9 Å². The molecule has 2 bridgehead atoms. The quantitative estimate of drug-likeness (QED) is 0.818. The second-order valence-corrected chi connectivity index (χ2v) is 7.40. The molecule has 4 rings (SSSR count). The zero-order chi connectivity index (χ0) is 15.1. The highest BCUT2D eigenvalue weighted by Crippen LogP contribution is 2.34. The summed E-state index contributed by atoms with van der Waals surface area (Å²) in [5.74, 6) is 0. The molecule has 2 atom stereocenters. The van der Waals surface area contributed by atoms with Crippen molar-refractivity contribution in [1.29, 1.82) is 0 Å². The first-order chi connectivity index (χ1) is 10.7. The van der Waals surface area contributed by atoms with Crippen molar-refractivity contribution in [2.24, 2.45) is 0 Å². The lowest BCUT2D eigenvalue weighted by Gasteiger charge is -2.36. The molecule has 0 aliphatic carbocycles. The van der Waals surface area contributed by atoms with Gasteiger partial charge in [-0.25, -0.2) is 0 Å². The van der Waals surface area contributed by atoms with Crippen LogP contribution in [0.25, 0.3) is 10.9 Å². The molecule has 0 radical (unpaired) electrons. The van der Waals surface area contributed by atoms with E-state index in [4.69, 9.17) is 4.84 Å². The van der Waals surface area contributed by atoms with E-state index in [0.29, 0.717) is 12.6 Å². The molecule has 0 amide bonds. The number of halogens is 1. The summed E-state index contributed by atoms with van der Waals surface area (Å²) in [6.07, 6.45) is 5.03. The van der Waals surface area contributed by atoms with Gasteiger partial charge in [0, 0.05) is 28.0 Å². The Labute approximate surface area is 138 Å². The van der Waals surface area contributed by atoms with Gasteiger partial charge < -0.3 is 4.90 Å². The highest BCUT2D eigenvalue weighted by Gasteiger charge is 2.38. The van der Waals surface area contributed by atoms with Crippen LogP contribution in [0.1, 0.15) is 31.4 Å². The Balaban J connectivity index is 1.35. The summed E-state index contributed by atoms with van der Waals surface area (Å²) < 4.78 is 1.04. The monoisotopic (exact) mass is 364 g/mol. The summed E-state index contributed by atoms with van der Waals surface area (Å²) in [4.78, 5) is 8.30. The number of aromatic nitrogens is 2. The van der Waals surface area contributed by atoms with Gasteiger partial charge in [0.1, 0.15) is 6.61 Å². The molecule has 2 fully saturated rings. The number of nitrogens with one attached hydrogen (secondary N) is 2. The van der Waals surface area contributed by atoms with Gasteiger partial charge in [0.2, 0.25) is 0 Å². The molecule has 2 aliphatic heterocycles. The van der Waals surface area contributed by atoms with Crippen molar-refractivity contribution in [3.63, 3.8) is 0 Å². The lowest BCUT2D eigenvalue weighted by atomic mass is 9.99. The maximum atomic E-state index is 5.76. The molecule has 2 saturated heterocycles. The minimum absolute atomic E-state index is 0.469. The van der Waals surface area contributed by atoms with Crippen molar-refractivity contribution in [3.8, 4) is 0 Å². The summed E-state index contributed by atoms with van der Waals surface area (Å²) in [5.41, 5.74) is 5.26. The highest BCUT2D eigenvalue weighted by atomic mass is 79.9. The van der Waals surface area contributed by atoms with Crippen LogP contribution in [0.3, 0.4) is 0 Å². The van der Waals surface area contributed by atoms with E-state index in [1.165, 1.54) is 25.7 Å². The first-order valence-electron chi connectivity index (χ1n) is 7.92. The molecule has 22 heavy (non-hydrogen) atoms. The average molecular weight is 365 g/mol. The fraction of sp³-hybridized carbons (Fsp3) is 0.562. The largest absolute Gasteiger partial charge is 0.300 e. The molecule has 2 unspecified atom stereocenters. The number of rotatable bonds is 4. The van der Waals surface area contributed by atoms with E-state index in [2.05, 4.69) is 49.6 Å². The molecule has 5 nitrogen and oxygen atoms in total. The molecule has 2 N–H and O–H groups in total. The van der Waals surface area contributed by atoms with Crippen molar-refractivity contribution in [1.82, 2.24) is 20.6 Å². The molecule has 1 aromatic carbocycles. The van der Waals surface area contributed by atoms with Gasteiger partial charge >= 0.3 is 0 Å². The van der Waals surface area contributed by atoms with E-state index in [1.54, 1.807) is 0 Å². The van der Waals surface area contributed by atoms with E-state index in [0.717, 1.165) is 33.2 Å². The third-order valence-electron chi connectivity index (χ3n) is 5.16. The maximum Gasteiger partial charge on any atom is 0.110 e. The summed E-state index contributed by atoms with van der Waals surface area (Å²) in [7, 11) is 2.26. The predicted octanol–water partition coefficient (Wildman–Crippen LogP) is 2.97. The number of benzene rings is 1. The van der Waals surface area contributed by atoms with Gasteiger partial charge in [-0.1, -0.05) is 15.9 Å². The fourth-order valence-electron chi connectivity index (χ4n) is 3.89. The molecule has 0 saturated carbocycles. The Kier molecular flexibility index (Phi) is 3.94. The van der Waals surface area contributed by atoms with E-state index in [1.807, 2.05) is 12.1 Å². The number of nitrogens with zero attached hydrogens (tertiary/aromatic N) is 2. The van der Waals surface area contributed by atoms with Crippen LogP contribution in [0.2, 0.25) is 0 Å². The van der Waals surface area contributed by atoms with Crippen LogP contribution in [-0.2, 0) is 11.4 Å². The Morgan fingerprint density at radius 1 is 1.36 bits per heavy atom. The number of piperidine rings is 1. The van der Waals surface area contributed by atoms with Gasteiger partial charge in [-0.15, -0.1) is 0 Å². The van der Waals surface area contributed by atoms with E-state index >= 15 is 0 Å². The van der Waals surface area contributed by atoms with Crippen LogP contribution in [0.15, 0.2) is 22.7 Å². The van der Waals surface area contributed by atoms with Crippen LogP contribution in [0, 0.1) is 0 Å². The van der Waals surface area contributed by atoms with Crippen molar-refractivity contribution in [2.45, 2.75) is 50.4 Å². The normalized spacial score (nSPS) is 28.5. The molecule has 6 heteroatoms. The zero-order valence-corrected chi connectivity index (χ0v) is 14.3. The van der Waals surface area contributed by atoms with Gasteiger partial charge in [-0.3, -0.25) is 9.94 Å². The van der Waals surface area contributed by atoms with Crippen LogP contribution in [0.5, 0.6) is 0 Å². The topological polar surface area (TPSA) is 53.2 Å². The fourth-order valence-corrected chi connectivity index (χ4v) is 4.24. The highest BCUT2D eigenvalue weighted by molar-refractivity contribution is 9.10. The summed E-state index contributed by atoms with van der Waals surface area (Å²) in [6, 6.07) is 8.03. The summed E-state index contributed by atoms with van der Waals surface area (Å²) >= 11 is 3.47. The number of hydroxylamine groups is 1. The van der Waals surface area contributed by atoms with Gasteiger partial charge in [-0.05, 0) is 50.9 Å². The minimum atomic E-state index is 0.469. The third kappa shape index (κ3) is 2.69. The van der Waals surface area contributed by atoms with Crippen molar-refractivity contribution >= 4 is 26.8 Å². The molecule has 1 aromatic heterocycles. The SMILES string of the molecule is CN1C2CCC1CC(NOCc1[nH]nc3cc(Br)ccc13)C2. The first kappa shape index (κ1) is 14.6. The van der Waals surface area contributed by atoms with E-state index < -0.39 is 0 Å². The summed E-state index contributed by atoms with van der Waals surface area (Å²) in [5, 5.41) is 8.51. The van der Waals surface area contributed by atoms with E-state index in [9.17, 15) is 0 Å². The van der Waals surface area contributed by atoms with Crippen molar-refractivity contribution < 1.29 is 4.84 Å². The zero-order valence-electron chi connectivity index (χ0n) is 12.7. The maximum absolute atomic E-state index is 5.76. The molecule has 0 spiro atoms. The number of aromatic amines is 1. The standard InChI is InChI=1S/C16H21BrN4O/c1-21-12-3-4-13(21)8-11(7-12)20-22-9-16-14-5-2-10(17)6-15(14)18-19-16/h2,5-6,11-13,20H,3-4,7-9H2,1H3,(H,18,19). The third-order valence-corrected chi connectivity index (χ3v) is 5.65. The van der Waals surface area contributed by atoms with Crippen molar-refractivity contribution in [3.05, 3.63) is 28.4 Å². The molecule has 3 heterocycles. The van der Waals surface area contributed by atoms with Gasteiger partial charge in [-0.2, -0.15) is 10.6 Å². The van der Waals surface area contributed by atoms with Gasteiger partial charge in [0.05, 0.1) is 11.2 Å². The second-order valence-electron chi connectivity index (χ2n) is 6.49. The van der Waals surface area contributed by atoms with Crippen molar-refractivity contribution in [2.75, 3.05) is 7.05 Å². The number of fused-ring (bicyclic) bond motifs is 3. The van der Waals surface area contributed by atoms with Crippen LogP contribution < -0.4 is 5.48 Å². The number of hydrogen-bond donors (Lipinski definition) is 2. The Bertz CT molecular complexity index is 659. The van der Waals surface area contributed by atoms with Gasteiger partial charge in [0.25, 0.3) is 0 Å². The molecule has 2 aliphatic rings. The number of hydrogen-bond acceptors (Lipinski definition) is 4. The smallest absolute Gasteiger partial charge is 0.110 e. The molecular formula is C16H21BrN4O. The minimum Gasteiger partial charge on any atom is -0.300 e.